The molecule has 0 saturated carbocycles. The Kier molecular flexibility index (Phi) is 1.49. The van der Waals surface area contributed by atoms with E-state index in [1.807, 2.05) is 6.08 Å². The molecular weight excluding hydrogens is 182 g/mol. The zero-order valence-electron chi connectivity index (χ0n) is 6.90. The number of pyridine rings is 1. The summed E-state index contributed by atoms with van der Waals surface area (Å²) in [6, 6.07) is 2.07. The summed E-state index contributed by atoms with van der Waals surface area (Å²) in [7, 11) is 0. The average molecular weight is 189 g/mol. The lowest BCUT2D eigenvalue weighted by Gasteiger charge is -2.05. The highest BCUT2D eigenvalue weighted by atomic mass is 32.2. The summed E-state index contributed by atoms with van der Waals surface area (Å²) >= 11 is 1.76. The number of hydrogen-bond acceptors (Lipinski definition) is 4. The summed E-state index contributed by atoms with van der Waals surface area (Å²) < 4.78 is 0. The first-order valence-electron chi connectivity index (χ1n) is 4.16. The van der Waals surface area contributed by atoms with Gasteiger partial charge < -0.3 is 0 Å². The Hall–Kier alpha value is -1.16. The maximum atomic E-state index is 4.43. The molecule has 4 heteroatoms. The van der Waals surface area contributed by atoms with Gasteiger partial charge in [-0.1, -0.05) is 0 Å². The van der Waals surface area contributed by atoms with E-state index >= 15 is 0 Å². The van der Waals surface area contributed by atoms with Crippen LogP contribution >= 0.6 is 11.8 Å². The number of fused-ring (bicyclic) bond motifs is 2. The van der Waals surface area contributed by atoms with Gasteiger partial charge in [0.1, 0.15) is 5.03 Å². The van der Waals surface area contributed by atoms with Gasteiger partial charge in [0.25, 0.3) is 0 Å². The van der Waals surface area contributed by atoms with Crippen molar-refractivity contribution < 1.29 is 0 Å². The van der Waals surface area contributed by atoms with Crippen LogP contribution in [0.4, 0.5) is 0 Å². The zero-order valence-corrected chi connectivity index (χ0v) is 7.71. The standard InChI is InChI=1S/C9H7N3S/c1-2-11-8-6(1)5-7-9(12-8)13-4-3-10-7/h1-2,5H,3-4H2. The van der Waals surface area contributed by atoms with Crippen LogP contribution in [0.5, 0.6) is 0 Å². The second-order valence-corrected chi connectivity index (χ2v) is 3.98. The quantitative estimate of drug-likeness (QED) is 0.593. The maximum absolute atomic E-state index is 4.43. The van der Waals surface area contributed by atoms with Crippen molar-refractivity contribution in [3.63, 3.8) is 0 Å². The Morgan fingerprint density at radius 3 is 3.38 bits per heavy atom. The van der Waals surface area contributed by atoms with E-state index in [0.29, 0.717) is 0 Å². The van der Waals surface area contributed by atoms with E-state index in [0.717, 1.165) is 33.7 Å². The molecule has 3 rings (SSSR count). The van der Waals surface area contributed by atoms with Crippen molar-refractivity contribution in [2.24, 2.45) is 9.98 Å². The molecule has 0 aliphatic carbocycles. The molecule has 2 aliphatic rings. The minimum absolute atomic E-state index is 0.836. The monoisotopic (exact) mass is 189 g/mol. The van der Waals surface area contributed by atoms with Crippen molar-refractivity contribution >= 4 is 17.8 Å². The van der Waals surface area contributed by atoms with E-state index in [-0.39, 0.29) is 0 Å². The second kappa shape index (κ2) is 2.67. The summed E-state index contributed by atoms with van der Waals surface area (Å²) in [5, 5.41) is 2.05. The van der Waals surface area contributed by atoms with E-state index in [2.05, 4.69) is 21.0 Å². The Labute approximate surface area is 79.3 Å². The predicted molar refractivity (Wildman–Crippen MR) is 51.2 cm³/mol. The number of thioether (sulfide) groups is 1. The third-order valence-corrected chi connectivity index (χ3v) is 3.00. The smallest absolute Gasteiger partial charge is 0.160 e. The molecule has 3 heterocycles. The maximum Gasteiger partial charge on any atom is 0.160 e. The van der Waals surface area contributed by atoms with E-state index < -0.39 is 0 Å². The van der Waals surface area contributed by atoms with Crippen LogP contribution in [-0.4, -0.2) is 17.3 Å². The molecule has 0 aromatic carbocycles. The van der Waals surface area contributed by atoms with Gasteiger partial charge in [0, 0.05) is 24.1 Å². The number of aromatic nitrogens is 1. The Morgan fingerprint density at radius 2 is 2.38 bits per heavy atom. The molecule has 0 radical (unpaired) electrons. The second-order valence-electron chi connectivity index (χ2n) is 2.90. The number of nitrogens with zero attached hydrogens (tertiary/aromatic N) is 3. The molecule has 3 nitrogen and oxygen atoms in total. The SMILES string of the molecule is C1=Cc2cc3c(nc2=N1)SCCN=3. The molecule has 13 heavy (non-hydrogen) atoms. The van der Waals surface area contributed by atoms with Gasteiger partial charge >= 0.3 is 0 Å². The summed E-state index contributed by atoms with van der Waals surface area (Å²) in [6.45, 7) is 0.902. The van der Waals surface area contributed by atoms with Gasteiger partial charge in [-0.25, -0.2) is 9.98 Å². The molecule has 0 unspecified atom stereocenters. The first-order valence-corrected chi connectivity index (χ1v) is 5.15. The molecule has 0 amide bonds. The van der Waals surface area contributed by atoms with Crippen LogP contribution in [0.1, 0.15) is 5.56 Å². The summed E-state index contributed by atoms with van der Waals surface area (Å²) in [5.41, 5.74) is 1.92. The van der Waals surface area contributed by atoms with Gasteiger partial charge in [0.15, 0.2) is 5.49 Å². The molecule has 0 bridgehead atoms. The first kappa shape index (κ1) is 7.26. The van der Waals surface area contributed by atoms with Gasteiger partial charge in [0.05, 0.1) is 5.36 Å². The van der Waals surface area contributed by atoms with E-state index in [9.17, 15) is 0 Å². The van der Waals surface area contributed by atoms with Gasteiger partial charge in [-0.05, 0) is 12.1 Å². The fraction of sp³-hybridized carbons (Fsp3) is 0.222. The first-order chi connectivity index (χ1) is 6.43. The van der Waals surface area contributed by atoms with Crippen molar-refractivity contribution in [1.29, 1.82) is 0 Å². The molecule has 1 aromatic heterocycles. The molecule has 0 N–H and O–H groups in total. The van der Waals surface area contributed by atoms with Crippen LogP contribution in [0.2, 0.25) is 0 Å². The van der Waals surface area contributed by atoms with Crippen molar-refractivity contribution in [1.82, 2.24) is 4.98 Å². The summed E-state index contributed by atoms with van der Waals surface area (Å²) in [4.78, 5) is 13.0. The van der Waals surface area contributed by atoms with Gasteiger partial charge in [0.2, 0.25) is 0 Å². The topological polar surface area (TPSA) is 37.6 Å². The third kappa shape index (κ3) is 1.09. The van der Waals surface area contributed by atoms with Crippen LogP contribution in [0.3, 0.4) is 0 Å². The number of rotatable bonds is 0. The fourth-order valence-electron chi connectivity index (χ4n) is 1.43. The van der Waals surface area contributed by atoms with Gasteiger partial charge in [-0.2, -0.15) is 0 Å². The molecule has 0 spiro atoms. The van der Waals surface area contributed by atoms with Crippen molar-refractivity contribution in [3.8, 4) is 0 Å². The van der Waals surface area contributed by atoms with Crippen molar-refractivity contribution in [2.75, 3.05) is 12.3 Å². The van der Waals surface area contributed by atoms with Crippen LogP contribution in [0.25, 0.3) is 6.08 Å². The highest BCUT2D eigenvalue weighted by molar-refractivity contribution is 7.99. The van der Waals surface area contributed by atoms with Crippen molar-refractivity contribution in [2.45, 2.75) is 5.03 Å². The van der Waals surface area contributed by atoms with E-state index in [1.54, 1.807) is 18.0 Å². The minimum atomic E-state index is 0.836. The fourth-order valence-corrected chi connectivity index (χ4v) is 2.23. The predicted octanol–water partition coefficient (Wildman–Crippen LogP) is 0.411. The van der Waals surface area contributed by atoms with E-state index in [1.165, 1.54) is 0 Å². The highest BCUT2D eigenvalue weighted by Crippen LogP contribution is 2.13. The Balaban J connectivity index is 2.37. The molecule has 1 aromatic rings. The Bertz CT molecular complexity index is 504. The minimum Gasteiger partial charge on any atom is -0.282 e. The van der Waals surface area contributed by atoms with Gasteiger partial charge in [-0.15, -0.1) is 11.8 Å². The normalized spacial score (nSPS) is 17.2. The van der Waals surface area contributed by atoms with Crippen LogP contribution in [0.15, 0.2) is 27.3 Å². The largest absolute Gasteiger partial charge is 0.282 e. The molecule has 64 valence electrons. The van der Waals surface area contributed by atoms with Crippen LogP contribution in [0, 0.1) is 0 Å². The van der Waals surface area contributed by atoms with Gasteiger partial charge in [-0.3, -0.25) is 4.99 Å². The zero-order chi connectivity index (χ0) is 8.67. The highest BCUT2D eigenvalue weighted by Gasteiger charge is 2.08. The molecule has 0 fully saturated rings. The summed E-state index contributed by atoms with van der Waals surface area (Å²) in [6.07, 6.45) is 3.76. The lowest BCUT2D eigenvalue weighted by atomic mass is 10.3. The lowest BCUT2D eigenvalue weighted by Crippen LogP contribution is -2.22. The lowest BCUT2D eigenvalue weighted by molar-refractivity contribution is 0.923. The molecule has 0 saturated heterocycles. The third-order valence-electron chi connectivity index (χ3n) is 2.04. The molecular formula is C9H7N3S. The average Bonchev–Trinajstić information content (AvgIpc) is 2.61. The molecule has 2 aliphatic heterocycles. The Morgan fingerprint density at radius 1 is 1.38 bits per heavy atom. The van der Waals surface area contributed by atoms with Crippen LogP contribution in [-0.2, 0) is 0 Å². The van der Waals surface area contributed by atoms with Crippen LogP contribution < -0.4 is 10.8 Å². The summed E-state index contributed by atoms with van der Waals surface area (Å²) in [5.74, 6) is 1.03. The molecule has 0 atom stereocenters. The number of hydrogen-bond donors (Lipinski definition) is 0. The van der Waals surface area contributed by atoms with E-state index in [4.69, 9.17) is 0 Å². The van der Waals surface area contributed by atoms with Crippen molar-refractivity contribution in [3.05, 3.63) is 28.7 Å².